The van der Waals surface area contributed by atoms with Crippen molar-refractivity contribution in [3.63, 3.8) is 0 Å². The maximum Gasteiger partial charge on any atom is 0.306 e. The number of ether oxygens (including phenoxy) is 1. The molecule has 0 unspecified atom stereocenters. The zero-order chi connectivity index (χ0) is 12.6. The molecule has 0 saturated heterocycles. The minimum absolute atomic E-state index is 0.0556. The summed E-state index contributed by atoms with van der Waals surface area (Å²) in [5, 5.41) is 10.6. The number of fused-ring (bicyclic) bond motifs is 1. The summed E-state index contributed by atoms with van der Waals surface area (Å²) in [4.78, 5) is 13.7. The molecule has 0 aliphatic carbocycles. The van der Waals surface area contributed by atoms with Crippen LogP contribution in [0.15, 0.2) is 18.3 Å². The van der Waals surface area contributed by atoms with Crippen molar-refractivity contribution < 1.29 is 14.1 Å². The topological polar surface area (TPSA) is 65.3 Å². The van der Waals surface area contributed by atoms with Crippen LogP contribution in [0.1, 0.15) is 0 Å². The molecule has 0 aliphatic rings. The number of aromatic nitrogens is 1. The number of rotatable bonds is 2. The predicted molar refractivity (Wildman–Crippen MR) is 59.9 cm³/mol. The van der Waals surface area contributed by atoms with Crippen molar-refractivity contribution >= 4 is 28.2 Å². The summed E-state index contributed by atoms with van der Waals surface area (Å²) in [7, 11) is 1.36. The van der Waals surface area contributed by atoms with Crippen molar-refractivity contribution in [1.29, 1.82) is 0 Å². The van der Waals surface area contributed by atoms with Crippen LogP contribution in [0, 0.1) is 15.9 Å². The van der Waals surface area contributed by atoms with E-state index in [1.807, 2.05) is 0 Å². The van der Waals surface area contributed by atoms with Gasteiger partial charge in [0.05, 0.1) is 17.4 Å². The summed E-state index contributed by atoms with van der Waals surface area (Å²) in [6.45, 7) is 0. The highest BCUT2D eigenvalue weighted by molar-refractivity contribution is 6.38. The van der Waals surface area contributed by atoms with Gasteiger partial charge in [-0.2, -0.15) is 0 Å². The zero-order valence-corrected chi connectivity index (χ0v) is 9.36. The molecule has 17 heavy (non-hydrogen) atoms. The van der Waals surface area contributed by atoms with Gasteiger partial charge in [0.25, 0.3) is 0 Å². The summed E-state index contributed by atoms with van der Waals surface area (Å²) in [5.41, 5.74) is -0.442. The molecule has 0 bridgehead atoms. The molecule has 0 atom stereocenters. The lowest BCUT2D eigenvalue weighted by Crippen LogP contribution is -1.95. The third-order valence-electron chi connectivity index (χ3n) is 2.27. The third kappa shape index (κ3) is 1.76. The van der Waals surface area contributed by atoms with Crippen LogP contribution < -0.4 is 4.74 Å². The molecule has 0 aliphatic heterocycles. The quantitative estimate of drug-likeness (QED) is 0.612. The standard InChI is InChI=1S/C10H6ClFN2O3/c1-17-7-3-2-5(12)10-8(7)9(11)6(4-13-10)14(15)16/h2-4H,1H3. The van der Waals surface area contributed by atoms with Gasteiger partial charge in [-0.05, 0) is 12.1 Å². The Labute approximate surface area is 99.9 Å². The van der Waals surface area contributed by atoms with E-state index in [4.69, 9.17) is 16.3 Å². The van der Waals surface area contributed by atoms with E-state index in [9.17, 15) is 14.5 Å². The summed E-state index contributed by atoms with van der Waals surface area (Å²) in [6.07, 6.45) is 0.924. The van der Waals surface area contributed by atoms with Gasteiger partial charge in [-0.25, -0.2) is 9.37 Å². The molecule has 0 radical (unpaired) electrons. The van der Waals surface area contributed by atoms with Crippen LogP contribution in [0.5, 0.6) is 5.75 Å². The number of pyridine rings is 1. The van der Waals surface area contributed by atoms with Crippen molar-refractivity contribution in [3.8, 4) is 5.75 Å². The van der Waals surface area contributed by atoms with Crippen LogP contribution in [-0.4, -0.2) is 17.0 Å². The number of methoxy groups -OCH3 is 1. The Morgan fingerprint density at radius 2 is 2.24 bits per heavy atom. The van der Waals surface area contributed by atoms with Crippen LogP contribution in [0.4, 0.5) is 10.1 Å². The second-order valence-corrected chi connectivity index (χ2v) is 3.57. The molecule has 0 fully saturated rings. The fourth-order valence-corrected chi connectivity index (χ4v) is 1.79. The molecule has 2 rings (SSSR count). The van der Waals surface area contributed by atoms with Crippen LogP contribution in [0.25, 0.3) is 10.9 Å². The molecule has 7 heteroatoms. The van der Waals surface area contributed by atoms with E-state index in [1.165, 1.54) is 13.2 Å². The maximum atomic E-state index is 13.5. The molecular weight excluding hydrogens is 251 g/mol. The van der Waals surface area contributed by atoms with Gasteiger partial charge in [0.1, 0.15) is 28.3 Å². The third-order valence-corrected chi connectivity index (χ3v) is 2.65. The van der Waals surface area contributed by atoms with Crippen molar-refractivity contribution in [2.45, 2.75) is 0 Å². The summed E-state index contributed by atoms with van der Waals surface area (Å²) in [5.74, 6) is -0.375. The molecule has 1 aromatic heterocycles. The largest absolute Gasteiger partial charge is 0.496 e. The van der Waals surface area contributed by atoms with E-state index in [2.05, 4.69) is 4.98 Å². The Bertz CT molecular complexity index is 618. The van der Waals surface area contributed by atoms with Gasteiger partial charge >= 0.3 is 5.69 Å². The maximum absolute atomic E-state index is 13.5. The molecule has 88 valence electrons. The van der Waals surface area contributed by atoms with Crippen LogP contribution in [0.3, 0.4) is 0 Å². The second-order valence-electron chi connectivity index (χ2n) is 3.19. The highest BCUT2D eigenvalue weighted by Gasteiger charge is 2.20. The molecule has 0 amide bonds. The summed E-state index contributed by atoms with van der Waals surface area (Å²) in [6, 6.07) is 2.51. The van der Waals surface area contributed by atoms with Gasteiger partial charge in [-0.15, -0.1) is 0 Å². The Kier molecular flexibility index (Phi) is 2.81. The van der Waals surface area contributed by atoms with Crippen molar-refractivity contribution in [2.75, 3.05) is 7.11 Å². The number of hydrogen-bond acceptors (Lipinski definition) is 4. The van der Waals surface area contributed by atoms with Gasteiger partial charge < -0.3 is 4.74 Å². The zero-order valence-electron chi connectivity index (χ0n) is 8.61. The first-order chi connectivity index (χ1) is 8.06. The first-order valence-corrected chi connectivity index (χ1v) is 4.89. The Hall–Kier alpha value is -1.95. The summed E-state index contributed by atoms with van der Waals surface area (Å²) >= 11 is 5.86. The average molecular weight is 257 g/mol. The Morgan fingerprint density at radius 1 is 1.53 bits per heavy atom. The lowest BCUT2D eigenvalue weighted by atomic mass is 10.2. The minimum Gasteiger partial charge on any atom is -0.496 e. The molecule has 0 spiro atoms. The van der Waals surface area contributed by atoms with Crippen molar-refractivity contribution in [2.24, 2.45) is 0 Å². The highest BCUT2D eigenvalue weighted by atomic mass is 35.5. The number of nitrogens with zero attached hydrogens (tertiary/aromatic N) is 2. The Morgan fingerprint density at radius 3 is 2.82 bits per heavy atom. The van der Waals surface area contributed by atoms with Crippen molar-refractivity contribution in [1.82, 2.24) is 4.98 Å². The molecule has 1 heterocycles. The first kappa shape index (κ1) is 11.5. The smallest absolute Gasteiger partial charge is 0.306 e. The minimum atomic E-state index is -0.681. The number of benzene rings is 1. The monoisotopic (exact) mass is 256 g/mol. The number of hydrogen-bond donors (Lipinski definition) is 0. The number of nitro groups is 1. The van der Waals surface area contributed by atoms with Crippen LogP contribution >= 0.6 is 11.6 Å². The molecule has 1 aromatic carbocycles. The van der Waals surface area contributed by atoms with Crippen LogP contribution in [-0.2, 0) is 0 Å². The van der Waals surface area contributed by atoms with Gasteiger partial charge in [0.2, 0.25) is 0 Å². The second kappa shape index (κ2) is 4.14. The van der Waals surface area contributed by atoms with Gasteiger partial charge in [-0.3, -0.25) is 10.1 Å². The SMILES string of the molecule is COc1ccc(F)c2ncc([N+](=O)[O-])c(Cl)c12. The van der Waals surface area contributed by atoms with E-state index in [-0.39, 0.29) is 27.4 Å². The first-order valence-electron chi connectivity index (χ1n) is 4.51. The number of halogens is 2. The fraction of sp³-hybridized carbons (Fsp3) is 0.100. The predicted octanol–water partition coefficient (Wildman–Crippen LogP) is 2.94. The van der Waals surface area contributed by atoms with Gasteiger partial charge in [0, 0.05) is 0 Å². The van der Waals surface area contributed by atoms with Crippen LogP contribution in [0.2, 0.25) is 5.02 Å². The molecular formula is C10H6ClFN2O3. The molecule has 0 saturated carbocycles. The lowest BCUT2D eigenvalue weighted by Gasteiger charge is -2.07. The summed E-state index contributed by atoms with van der Waals surface area (Å²) < 4.78 is 18.5. The van der Waals surface area contributed by atoms with Crippen molar-refractivity contribution in [3.05, 3.63) is 39.3 Å². The highest BCUT2D eigenvalue weighted by Crippen LogP contribution is 2.37. The molecule has 0 N–H and O–H groups in total. The van der Waals surface area contributed by atoms with Gasteiger partial charge in [-0.1, -0.05) is 11.6 Å². The molecule has 5 nitrogen and oxygen atoms in total. The van der Waals surface area contributed by atoms with E-state index < -0.39 is 10.7 Å². The fourth-order valence-electron chi connectivity index (χ4n) is 1.49. The van der Waals surface area contributed by atoms with E-state index in [1.54, 1.807) is 0 Å². The average Bonchev–Trinajstić information content (AvgIpc) is 2.30. The lowest BCUT2D eigenvalue weighted by molar-refractivity contribution is -0.384. The van der Waals surface area contributed by atoms with E-state index in [0.717, 1.165) is 12.3 Å². The normalized spacial score (nSPS) is 10.5. The Balaban J connectivity index is 2.92. The van der Waals surface area contributed by atoms with Gasteiger partial charge in [0.15, 0.2) is 0 Å². The van der Waals surface area contributed by atoms with E-state index in [0.29, 0.717) is 0 Å². The molecule has 2 aromatic rings. The van der Waals surface area contributed by atoms with E-state index >= 15 is 0 Å².